The fraction of sp³-hybridized carbons (Fsp3) is 0.875. The van der Waals surface area contributed by atoms with Gasteiger partial charge < -0.3 is 15.1 Å². The van der Waals surface area contributed by atoms with E-state index in [1.807, 2.05) is 6.92 Å². The zero-order chi connectivity index (χ0) is 9.14. The molecule has 0 heterocycles. The Bertz CT molecular complexity index is 181. The lowest BCUT2D eigenvalue weighted by molar-refractivity contribution is 0.0490. The summed E-state index contributed by atoms with van der Waals surface area (Å²) in [7, 11) is 1.47. The van der Waals surface area contributed by atoms with E-state index in [2.05, 4.69) is 9.99 Å². The van der Waals surface area contributed by atoms with Crippen LogP contribution in [-0.4, -0.2) is 35.2 Å². The van der Waals surface area contributed by atoms with Crippen LogP contribution < -0.4 is 0 Å². The summed E-state index contributed by atoms with van der Waals surface area (Å²) in [4.78, 5) is 4.61. The molecular formula is C8H15NO3. The maximum atomic E-state index is 9.45. The summed E-state index contributed by atoms with van der Waals surface area (Å²) in [6, 6.07) is 0. The van der Waals surface area contributed by atoms with Crippen molar-refractivity contribution in [1.82, 2.24) is 0 Å². The van der Waals surface area contributed by atoms with E-state index in [-0.39, 0.29) is 5.92 Å². The first kappa shape index (κ1) is 9.48. The highest BCUT2D eigenvalue weighted by molar-refractivity contribution is 5.87. The lowest BCUT2D eigenvalue weighted by atomic mass is 9.84. The monoisotopic (exact) mass is 173 g/mol. The van der Waals surface area contributed by atoms with Crippen LogP contribution in [0.25, 0.3) is 0 Å². The van der Waals surface area contributed by atoms with Crippen LogP contribution in [0.3, 0.4) is 0 Å². The zero-order valence-corrected chi connectivity index (χ0v) is 7.40. The van der Waals surface area contributed by atoms with Crippen molar-refractivity contribution in [2.45, 2.75) is 32.0 Å². The Morgan fingerprint density at radius 1 is 1.50 bits per heavy atom. The van der Waals surface area contributed by atoms with Gasteiger partial charge >= 0.3 is 0 Å². The van der Waals surface area contributed by atoms with Crippen LogP contribution in [0, 0.1) is 5.92 Å². The second-order valence-electron chi connectivity index (χ2n) is 3.21. The van der Waals surface area contributed by atoms with E-state index in [9.17, 15) is 10.2 Å². The first-order valence-corrected chi connectivity index (χ1v) is 4.11. The molecule has 12 heavy (non-hydrogen) atoms. The van der Waals surface area contributed by atoms with Gasteiger partial charge in [-0.2, -0.15) is 0 Å². The Labute approximate surface area is 71.8 Å². The second kappa shape index (κ2) is 3.87. The normalized spacial score (nSPS) is 40.0. The number of hydrogen-bond acceptors (Lipinski definition) is 4. The molecule has 1 saturated carbocycles. The largest absolute Gasteiger partial charge is 0.399 e. The molecule has 1 unspecified atom stereocenters. The van der Waals surface area contributed by atoms with Gasteiger partial charge in [0.1, 0.15) is 7.11 Å². The van der Waals surface area contributed by atoms with E-state index in [0.717, 1.165) is 5.71 Å². The Morgan fingerprint density at radius 2 is 2.17 bits per heavy atom. The molecule has 1 aliphatic carbocycles. The molecule has 0 saturated heterocycles. The third-order valence-corrected chi connectivity index (χ3v) is 2.27. The number of oxime groups is 1. The van der Waals surface area contributed by atoms with Crippen LogP contribution in [-0.2, 0) is 4.84 Å². The zero-order valence-electron chi connectivity index (χ0n) is 7.40. The van der Waals surface area contributed by atoms with Crippen molar-refractivity contribution in [3.05, 3.63) is 0 Å². The molecule has 0 spiro atoms. The predicted molar refractivity (Wildman–Crippen MR) is 44.9 cm³/mol. The molecule has 0 radical (unpaired) electrons. The van der Waals surface area contributed by atoms with Crippen LogP contribution in [0.15, 0.2) is 5.16 Å². The van der Waals surface area contributed by atoms with Crippen molar-refractivity contribution in [1.29, 1.82) is 0 Å². The summed E-state index contributed by atoms with van der Waals surface area (Å²) < 4.78 is 0. The number of nitrogens with zero attached hydrogens (tertiary/aromatic N) is 1. The number of rotatable bonds is 1. The summed E-state index contributed by atoms with van der Waals surface area (Å²) in [5, 5.41) is 22.5. The average molecular weight is 173 g/mol. The van der Waals surface area contributed by atoms with Crippen LogP contribution >= 0.6 is 0 Å². The minimum Gasteiger partial charge on any atom is -0.399 e. The lowest BCUT2D eigenvalue weighted by Gasteiger charge is -2.28. The van der Waals surface area contributed by atoms with Gasteiger partial charge in [-0.05, 0) is 0 Å². The Kier molecular flexibility index (Phi) is 3.05. The molecule has 0 aliphatic heterocycles. The fourth-order valence-corrected chi connectivity index (χ4v) is 1.45. The highest BCUT2D eigenvalue weighted by atomic mass is 16.6. The Morgan fingerprint density at radius 3 is 2.75 bits per heavy atom. The predicted octanol–water partition coefficient (Wildman–Crippen LogP) is 0.141. The number of hydrogen-bond donors (Lipinski definition) is 2. The van der Waals surface area contributed by atoms with Crippen LogP contribution in [0.4, 0.5) is 0 Å². The second-order valence-corrected chi connectivity index (χ2v) is 3.21. The summed E-state index contributed by atoms with van der Waals surface area (Å²) >= 11 is 0. The molecule has 0 aromatic rings. The molecule has 3 atom stereocenters. The van der Waals surface area contributed by atoms with E-state index in [4.69, 9.17) is 0 Å². The summed E-state index contributed by atoms with van der Waals surface area (Å²) in [6.45, 7) is 1.88. The molecule has 0 amide bonds. The first-order chi connectivity index (χ1) is 5.65. The molecule has 0 bridgehead atoms. The maximum Gasteiger partial charge on any atom is 0.106 e. The molecule has 0 aromatic carbocycles. The van der Waals surface area contributed by atoms with Gasteiger partial charge in [0.2, 0.25) is 0 Å². The van der Waals surface area contributed by atoms with Crippen LogP contribution in [0.5, 0.6) is 0 Å². The van der Waals surface area contributed by atoms with E-state index in [0.29, 0.717) is 12.8 Å². The smallest absolute Gasteiger partial charge is 0.106 e. The van der Waals surface area contributed by atoms with E-state index in [1.165, 1.54) is 7.11 Å². The summed E-state index contributed by atoms with van der Waals surface area (Å²) in [6.07, 6.45) is -0.0385. The third kappa shape index (κ3) is 1.95. The Hall–Kier alpha value is -0.610. The van der Waals surface area contributed by atoms with Crippen molar-refractivity contribution in [3.8, 4) is 0 Å². The summed E-state index contributed by atoms with van der Waals surface area (Å²) in [5.41, 5.74) is 0.740. The maximum absolute atomic E-state index is 9.45. The molecule has 70 valence electrons. The molecule has 1 aliphatic rings. The van der Waals surface area contributed by atoms with E-state index < -0.39 is 12.2 Å². The van der Waals surface area contributed by atoms with Gasteiger partial charge in [-0.15, -0.1) is 0 Å². The standard InChI is InChI=1S/C8H15NO3/c1-5-7(9-12-2)3-6(10)4-8(5)11/h5-6,8,10-11H,3-4H2,1-2H3/t5?,6-,8-/m0/s1. The van der Waals surface area contributed by atoms with Crippen LogP contribution in [0.2, 0.25) is 0 Å². The topological polar surface area (TPSA) is 62.0 Å². The average Bonchev–Trinajstić information content (AvgIpc) is 2.00. The molecule has 0 aromatic heterocycles. The highest BCUT2D eigenvalue weighted by Crippen LogP contribution is 2.22. The van der Waals surface area contributed by atoms with Crippen LogP contribution in [0.1, 0.15) is 19.8 Å². The quantitative estimate of drug-likeness (QED) is 0.554. The number of aliphatic hydroxyl groups is 2. The molecule has 2 N–H and O–H groups in total. The van der Waals surface area contributed by atoms with Gasteiger partial charge in [-0.3, -0.25) is 0 Å². The summed E-state index contributed by atoms with van der Waals surface area (Å²) in [5.74, 6) is -0.00616. The van der Waals surface area contributed by atoms with Gasteiger partial charge in [0, 0.05) is 18.8 Å². The highest BCUT2D eigenvalue weighted by Gasteiger charge is 2.30. The van der Waals surface area contributed by atoms with Gasteiger partial charge in [0.15, 0.2) is 0 Å². The lowest BCUT2D eigenvalue weighted by Crippen LogP contribution is -2.37. The molecular weight excluding hydrogens is 158 g/mol. The van der Waals surface area contributed by atoms with Crippen molar-refractivity contribution in [3.63, 3.8) is 0 Å². The fourth-order valence-electron chi connectivity index (χ4n) is 1.45. The van der Waals surface area contributed by atoms with Gasteiger partial charge in [-0.1, -0.05) is 12.1 Å². The van der Waals surface area contributed by atoms with Crippen molar-refractivity contribution in [2.24, 2.45) is 11.1 Å². The van der Waals surface area contributed by atoms with Gasteiger partial charge in [0.05, 0.1) is 17.9 Å². The molecule has 4 nitrogen and oxygen atoms in total. The third-order valence-electron chi connectivity index (χ3n) is 2.27. The first-order valence-electron chi connectivity index (χ1n) is 4.11. The van der Waals surface area contributed by atoms with Crippen molar-refractivity contribution in [2.75, 3.05) is 7.11 Å². The van der Waals surface area contributed by atoms with Gasteiger partial charge in [0.25, 0.3) is 0 Å². The van der Waals surface area contributed by atoms with E-state index in [1.54, 1.807) is 0 Å². The molecule has 4 heteroatoms. The SMILES string of the molecule is CON=C1C[C@H](O)C[C@H](O)C1C. The van der Waals surface area contributed by atoms with Gasteiger partial charge in [-0.25, -0.2) is 0 Å². The Balaban J connectivity index is 2.66. The molecule has 1 fully saturated rings. The van der Waals surface area contributed by atoms with E-state index >= 15 is 0 Å². The van der Waals surface area contributed by atoms with Crippen molar-refractivity contribution < 1.29 is 15.1 Å². The number of aliphatic hydroxyl groups excluding tert-OH is 2. The molecule has 1 rings (SSSR count). The minimum atomic E-state index is -0.498. The van der Waals surface area contributed by atoms with Crippen molar-refractivity contribution >= 4 is 5.71 Å². The minimum absolute atomic E-state index is 0.00616.